The zero-order chi connectivity index (χ0) is 27.9. The van der Waals surface area contributed by atoms with Crippen LogP contribution in [-0.2, 0) is 20.2 Å². The molecule has 2 aromatic rings. The molecular weight excluding hydrogens is 602 g/mol. The van der Waals surface area contributed by atoms with Crippen LogP contribution in [0.2, 0.25) is 0 Å². The first-order chi connectivity index (χ1) is 17.8. The van der Waals surface area contributed by atoms with Crippen LogP contribution in [0.15, 0.2) is 51.3 Å². The maximum Gasteiger partial charge on any atom is 1.00 e. The van der Waals surface area contributed by atoms with Crippen LogP contribution in [0.5, 0.6) is 0 Å². The molecule has 0 fully saturated rings. The SMILES string of the molecule is CCCCC1(CCCC)C(=O)C(C2=NS([O-])([O-])c3cc(NS(C)(=O)=O)ccc3N2)=C([O-])c2cc(F)ccc21.[Na+].[Na+].[Na+]. The van der Waals surface area contributed by atoms with Gasteiger partial charge in [-0.1, -0.05) is 51.4 Å². The summed E-state index contributed by atoms with van der Waals surface area (Å²) in [5.74, 6) is -2.41. The largest absolute Gasteiger partial charge is 1.00 e. The fourth-order valence-electron chi connectivity index (χ4n) is 5.06. The summed E-state index contributed by atoms with van der Waals surface area (Å²) < 4.78 is 69.8. The van der Waals surface area contributed by atoms with Gasteiger partial charge in [-0.05, 0) is 54.3 Å². The van der Waals surface area contributed by atoms with Gasteiger partial charge in [0, 0.05) is 4.90 Å². The van der Waals surface area contributed by atoms with E-state index in [9.17, 15) is 31.8 Å². The normalized spacial score (nSPS) is 17.3. The third-order valence-electron chi connectivity index (χ3n) is 6.81. The van der Waals surface area contributed by atoms with Gasteiger partial charge in [-0.15, -0.1) is 0 Å². The molecule has 9 nitrogen and oxygen atoms in total. The molecule has 2 aliphatic rings. The molecule has 1 aliphatic heterocycles. The fourth-order valence-corrected chi connectivity index (χ4v) is 6.76. The Morgan fingerprint density at radius 1 is 1.02 bits per heavy atom. The number of fused-ring (bicyclic) bond motifs is 2. The van der Waals surface area contributed by atoms with Gasteiger partial charge < -0.3 is 30.3 Å². The number of carbonyl (C=O) groups is 1. The van der Waals surface area contributed by atoms with Gasteiger partial charge in [0.1, 0.15) is 5.82 Å². The molecule has 0 radical (unpaired) electrons. The van der Waals surface area contributed by atoms with Crippen molar-refractivity contribution >= 4 is 49.6 Å². The number of hydrogen-bond donors (Lipinski definition) is 2. The number of nitrogens with zero attached hydrogens (tertiary/aromatic N) is 1. The number of hydrogen-bond acceptors (Lipinski definition) is 8. The molecule has 0 saturated carbocycles. The zero-order valence-corrected chi connectivity index (χ0v) is 31.9. The molecule has 0 amide bonds. The molecule has 2 N–H and O–H groups in total. The second kappa shape index (κ2) is 15.4. The van der Waals surface area contributed by atoms with E-state index >= 15 is 0 Å². The number of Topliss-reactive ketones (excluding diaryl/α,β-unsaturated/α-hetero) is 1. The number of halogens is 1. The minimum Gasteiger partial charge on any atom is -0.871 e. The summed E-state index contributed by atoms with van der Waals surface area (Å²) in [5, 5.41) is 16.4. The summed E-state index contributed by atoms with van der Waals surface area (Å²) in [6.45, 7) is 3.96. The molecule has 15 heteroatoms. The van der Waals surface area contributed by atoms with E-state index in [1.165, 1.54) is 24.3 Å². The molecule has 0 atom stereocenters. The first-order valence-electron chi connectivity index (χ1n) is 12.3. The molecule has 1 heterocycles. The van der Waals surface area contributed by atoms with Crippen LogP contribution in [0.1, 0.15) is 63.5 Å². The molecule has 0 bridgehead atoms. The van der Waals surface area contributed by atoms with Gasteiger partial charge in [-0.3, -0.25) is 9.52 Å². The van der Waals surface area contributed by atoms with Crippen molar-refractivity contribution < 1.29 is 120 Å². The van der Waals surface area contributed by atoms with E-state index in [2.05, 4.69) is 14.4 Å². The standard InChI is InChI=1S/C26H32FN3O6S2.3Na/c1-4-6-12-26(13-7-5-2)19-10-8-16(27)14-18(19)23(31)22(24(26)32)25-28-20-11-9-17(29-37(3,33)34)15-21(20)38(35,36)30-25;;;/h8-11,14-15,29,31,35-36H,4-7,12-13H2,1-3H3,(H,28,30);;;/q;3*+1/p-3. The Bertz CT molecular complexity index is 1460. The van der Waals surface area contributed by atoms with Gasteiger partial charge in [0.05, 0.1) is 28.6 Å². The summed E-state index contributed by atoms with van der Waals surface area (Å²) >= 11 is 0. The Balaban J connectivity index is 0.00000280. The van der Waals surface area contributed by atoms with Gasteiger partial charge in [0.2, 0.25) is 10.0 Å². The van der Waals surface area contributed by atoms with E-state index in [0.717, 1.165) is 31.2 Å². The average molecular weight is 632 g/mol. The van der Waals surface area contributed by atoms with Crippen LogP contribution in [0.25, 0.3) is 5.76 Å². The van der Waals surface area contributed by atoms with Crippen LogP contribution < -0.4 is 104 Å². The van der Waals surface area contributed by atoms with Crippen molar-refractivity contribution in [1.82, 2.24) is 0 Å². The number of amidine groups is 1. The summed E-state index contributed by atoms with van der Waals surface area (Å²) in [4.78, 5) is 13.9. The Morgan fingerprint density at radius 3 is 2.20 bits per heavy atom. The third-order valence-corrected chi connectivity index (χ3v) is 8.73. The number of ketones is 1. The first-order valence-corrected chi connectivity index (χ1v) is 15.7. The summed E-state index contributed by atoms with van der Waals surface area (Å²) in [6, 6.07) is 7.58. The molecule has 41 heavy (non-hydrogen) atoms. The molecule has 0 aromatic heterocycles. The smallest absolute Gasteiger partial charge is 0.871 e. The predicted molar refractivity (Wildman–Crippen MR) is 142 cm³/mol. The second-order valence-electron chi connectivity index (χ2n) is 9.64. The van der Waals surface area contributed by atoms with E-state index in [4.69, 9.17) is 0 Å². The topological polar surface area (TPSA) is 157 Å². The Labute approximate surface area is 308 Å². The predicted octanol–water partition coefficient (Wildman–Crippen LogP) is -4.65. The minimum absolute atomic E-state index is 0. The Hall–Kier alpha value is 0.0700. The third kappa shape index (κ3) is 8.22. The minimum atomic E-state index is -4.43. The van der Waals surface area contributed by atoms with Crippen molar-refractivity contribution in [2.45, 2.75) is 62.7 Å². The van der Waals surface area contributed by atoms with Gasteiger partial charge in [0.15, 0.2) is 11.6 Å². The maximum absolute atomic E-state index is 14.3. The van der Waals surface area contributed by atoms with Crippen LogP contribution in [-0.4, -0.2) is 35.4 Å². The molecule has 206 valence electrons. The van der Waals surface area contributed by atoms with Crippen LogP contribution in [0.4, 0.5) is 15.8 Å². The number of carbonyl (C=O) groups excluding carboxylic acids is 1. The Kier molecular flexibility index (Phi) is 14.7. The van der Waals surface area contributed by atoms with Gasteiger partial charge in [-0.2, -0.15) is 0 Å². The van der Waals surface area contributed by atoms with Crippen LogP contribution in [0.3, 0.4) is 0 Å². The molecule has 2 aromatic carbocycles. The number of nitrogens with one attached hydrogen (secondary N) is 2. The molecule has 4 rings (SSSR count). The van der Waals surface area contributed by atoms with Crippen molar-refractivity contribution in [2.24, 2.45) is 4.40 Å². The number of unbranched alkanes of at least 4 members (excludes halogenated alkanes) is 2. The average Bonchev–Trinajstić information content (AvgIpc) is 2.83. The first kappa shape index (κ1) is 39.1. The number of anilines is 2. The van der Waals surface area contributed by atoms with Crippen molar-refractivity contribution in [2.75, 3.05) is 16.3 Å². The van der Waals surface area contributed by atoms with E-state index < -0.39 is 55.0 Å². The number of rotatable bonds is 9. The Morgan fingerprint density at radius 2 is 1.63 bits per heavy atom. The molecular formula is C26H29FN3Na3O6S2. The number of benzene rings is 2. The molecule has 0 saturated heterocycles. The van der Waals surface area contributed by atoms with Gasteiger partial charge in [-0.25, -0.2) is 17.2 Å². The second-order valence-corrected chi connectivity index (χ2v) is 13.0. The number of sulfonamides is 2. The van der Waals surface area contributed by atoms with E-state index in [1.54, 1.807) is 0 Å². The van der Waals surface area contributed by atoms with Crippen molar-refractivity contribution in [3.8, 4) is 0 Å². The van der Waals surface area contributed by atoms with Crippen LogP contribution >= 0.6 is 10.8 Å². The fraction of sp³-hybridized carbons (Fsp3) is 0.385. The van der Waals surface area contributed by atoms with E-state index in [0.29, 0.717) is 31.2 Å². The molecule has 1 aliphatic carbocycles. The van der Waals surface area contributed by atoms with Gasteiger partial charge in [0.25, 0.3) is 0 Å². The summed E-state index contributed by atoms with van der Waals surface area (Å²) in [7, 11) is -8.10. The van der Waals surface area contributed by atoms with Crippen molar-refractivity contribution in [1.29, 1.82) is 0 Å². The zero-order valence-electron chi connectivity index (χ0n) is 24.3. The van der Waals surface area contributed by atoms with Gasteiger partial charge >= 0.3 is 88.7 Å². The van der Waals surface area contributed by atoms with Crippen molar-refractivity contribution in [3.05, 3.63) is 58.9 Å². The summed E-state index contributed by atoms with van der Waals surface area (Å²) in [5.41, 5.74) is -1.04. The molecule has 0 spiro atoms. The van der Waals surface area contributed by atoms with E-state index in [-0.39, 0.29) is 111 Å². The monoisotopic (exact) mass is 631 g/mol. The van der Waals surface area contributed by atoms with Crippen molar-refractivity contribution in [3.63, 3.8) is 0 Å². The summed E-state index contributed by atoms with van der Waals surface area (Å²) in [6.07, 6.45) is 4.66. The molecule has 0 unspecified atom stereocenters. The maximum atomic E-state index is 14.3. The quantitative estimate of drug-likeness (QED) is 0.264. The van der Waals surface area contributed by atoms with E-state index in [1.807, 2.05) is 13.8 Å². The van der Waals surface area contributed by atoms with Crippen LogP contribution in [0, 0.1) is 5.82 Å².